The van der Waals surface area contributed by atoms with Crippen LogP contribution in [0.2, 0.25) is 5.02 Å². The van der Waals surface area contributed by atoms with Crippen LogP contribution in [0.1, 0.15) is 16.8 Å². The number of aromatic amines is 1. The number of fused-ring (bicyclic) bond motifs is 1. The summed E-state index contributed by atoms with van der Waals surface area (Å²) in [6, 6.07) is 14.4. The maximum atomic E-state index is 12.4. The summed E-state index contributed by atoms with van der Waals surface area (Å²) < 4.78 is 0. The van der Waals surface area contributed by atoms with Crippen molar-refractivity contribution in [1.82, 2.24) is 15.6 Å². The van der Waals surface area contributed by atoms with Gasteiger partial charge in [-0.3, -0.25) is 14.4 Å². The van der Waals surface area contributed by atoms with E-state index in [2.05, 4.69) is 15.6 Å². The molecule has 1 aliphatic rings. The number of anilines is 1. The molecule has 1 unspecified atom stereocenters. The summed E-state index contributed by atoms with van der Waals surface area (Å²) >= 11 is 5.99. The minimum Gasteiger partial charge on any atom is -0.361 e. The fourth-order valence-electron chi connectivity index (χ4n) is 3.57. The Balaban J connectivity index is 1.25. The largest absolute Gasteiger partial charge is 0.361 e. The molecule has 8 heteroatoms. The van der Waals surface area contributed by atoms with Gasteiger partial charge in [-0.25, -0.2) is 0 Å². The Morgan fingerprint density at radius 2 is 1.93 bits per heavy atom. The first-order chi connectivity index (χ1) is 14.5. The molecule has 3 aromatic rings. The predicted octanol–water partition coefficient (Wildman–Crippen LogP) is 2.72. The van der Waals surface area contributed by atoms with Gasteiger partial charge >= 0.3 is 0 Å². The molecule has 3 amide bonds. The van der Waals surface area contributed by atoms with Crippen LogP contribution in [0.5, 0.6) is 0 Å². The lowest BCUT2D eigenvalue weighted by Crippen LogP contribution is -2.38. The Morgan fingerprint density at radius 1 is 1.10 bits per heavy atom. The maximum absolute atomic E-state index is 12.4. The molecule has 1 saturated heterocycles. The molecule has 1 aliphatic heterocycles. The average molecular weight is 425 g/mol. The van der Waals surface area contributed by atoms with Crippen LogP contribution < -0.4 is 15.5 Å². The molecule has 2 heterocycles. The Labute approximate surface area is 178 Å². The number of nitrogens with zero attached hydrogens (tertiary/aromatic N) is 1. The number of amides is 3. The van der Waals surface area contributed by atoms with E-state index in [0.717, 1.165) is 10.9 Å². The van der Waals surface area contributed by atoms with Crippen molar-refractivity contribution in [1.29, 1.82) is 0 Å². The van der Waals surface area contributed by atoms with Crippen LogP contribution in [-0.4, -0.2) is 42.3 Å². The lowest BCUT2D eigenvalue weighted by Gasteiger charge is -2.17. The van der Waals surface area contributed by atoms with Crippen LogP contribution in [-0.2, 0) is 9.59 Å². The molecule has 0 saturated carbocycles. The van der Waals surface area contributed by atoms with Gasteiger partial charge in [-0.15, -0.1) is 0 Å². The average Bonchev–Trinajstić information content (AvgIpc) is 3.36. The van der Waals surface area contributed by atoms with Crippen molar-refractivity contribution in [3.05, 3.63) is 65.3 Å². The zero-order valence-corrected chi connectivity index (χ0v) is 16.9. The van der Waals surface area contributed by atoms with Crippen molar-refractivity contribution in [2.45, 2.75) is 6.42 Å². The molecule has 1 fully saturated rings. The number of benzene rings is 2. The van der Waals surface area contributed by atoms with Gasteiger partial charge in [0.05, 0.1) is 5.92 Å². The smallest absolute Gasteiger partial charge is 0.251 e. The fraction of sp³-hybridized carbons (Fsp3) is 0.227. The molecule has 4 rings (SSSR count). The molecule has 1 aromatic heterocycles. The van der Waals surface area contributed by atoms with Crippen molar-refractivity contribution in [3.63, 3.8) is 0 Å². The minimum absolute atomic E-state index is 0.106. The van der Waals surface area contributed by atoms with Crippen LogP contribution >= 0.6 is 11.6 Å². The Morgan fingerprint density at radius 3 is 2.77 bits per heavy atom. The van der Waals surface area contributed by atoms with Gasteiger partial charge < -0.3 is 20.5 Å². The second kappa shape index (κ2) is 8.59. The van der Waals surface area contributed by atoms with E-state index in [-0.39, 0.29) is 30.7 Å². The van der Waals surface area contributed by atoms with E-state index in [1.165, 1.54) is 0 Å². The molecular weight excluding hydrogens is 404 g/mol. The molecule has 0 radical (unpaired) electrons. The highest BCUT2D eigenvalue weighted by Gasteiger charge is 2.35. The minimum atomic E-state index is -0.428. The number of hydrogen-bond acceptors (Lipinski definition) is 3. The van der Waals surface area contributed by atoms with Gasteiger partial charge in [-0.1, -0.05) is 23.7 Å². The van der Waals surface area contributed by atoms with E-state index >= 15 is 0 Å². The van der Waals surface area contributed by atoms with Gasteiger partial charge in [0, 0.05) is 54.0 Å². The van der Waals surface area contributed by atoms with Gasteiger partial charge in [0.1, 0.15) is 0 Å². The zero-order valence-electron chi connectivity index (χ0n) is 16.2. The molecule has 2 aromatic carbocycles. The number of hydrogen-bond donors (Lipinski definition) is 3. The van der Waals surface area contributed by atoms with Gasteiger partial charge in [0.2, 0.25) is 11.8 Å². The molecule has 30 heavy (non-hydrogen) atoms. The maximum Gasteiger partial charge on any atom is 0.251 e. The number of carbonyl (C=O) groups is 3. The lowest BCUT2D eigenvalue weighted by molar-refractivity contribution is -0.126. The zero-order chi connectivity index (χ0) is 21.1. The van der Waals surface area contributed by atoms with E-state index < -0.39 is 5.92 Å². The number of halogens is 1. The summed E-state index contributed by atoms with van der Waals surface area (Å²) in [7, 11) is 0. The van der Waals surface area contributed by atoms with Crippen molar-refractivity contribution >= 4 is 45.9 Å². The fourth-order valence-corrected chi connectivity index (χ4v) is 3.76. The summed E-state index contributed by atoms with van der Waals surface area (Å²) in [6.07, 6.45) is 1.98. The number of aromatic nitrogens is 1. The van der Waals surface area contributed by atoms with Gasteiger partial charge in [0.15, 0.2) is 0 Å². The first kappa shape index (κ1) is 20.0. The first-order valence-corrected chi connectivity index (χ1v) is 10.1. The molecule has 0 bridgehead atoms. The van der Waals surface area contributed by atoms with Gasteiger partial charge in [0.25, 0.3) is 5.91 Å². The summed E-state index contributed by atoms with van der Waals surface area (Å²) in [5.41, 5.74) is 2.13. The third kappa shape index (κ3) is 4.31. The topological polar surface area (TPSA) is 94.3 Å². The number of nitrogens with one attached hydrogen (secondary N) is 3. The highest BCUT2D eigenvalue weighted by molar-refractivity contribution is 6.31. The molecule has 7 nitrogen and oxygen atoms in total. The second-order valence-electron chi connectivity index (χ2n) is 7.21. The molecule has 0 spiro atoms. The Hall–Kier alpha value is -3.32. The lowest BCUT2D eigenvalue weighted by atomic mass is 10.1. The molecule has 154 valence electrons. The van der Waals surface area contributed by atoms with Crippen molar-refractivity contribution in [2.24, 2.45) is 5.92 Å². The van der Waals surface area contributed by atoms with Crippen LogP contribution in [0, 0.1) is 5.92 Å². The number of carbonyl (C=O) groups excluding carboxylic acids is 3. The second-order valence-corrected chi connectivity index (χ2v) is 7.65. The van der Waals surface area contributed by atoms with Gasteiger partial charge in [-0.2, -0.15) is 0 Å². The number of H-pyrrole nitrogens is 1. The van der Waals surface area contributed by atoms with E-state index in [1.54, 1.807) is 41.3 Å². The summed E-state index contributed by atoms with van der Waals surface area (Å²) in [6.45, 7) is 0.900. The first-order valence-electron chi connectivity index (χ1n) is 9.70. The molecule has 0 aliphatic carbocycles. The van der Waals surface area contributed by atoms with Crippen molar-refractivity contribution in [3.8, 4) is 0 Å². The summed E-state index contributed by atoms with van der Waals surface area (Å²) in [5.74, 6) is -0.938. The predicted molar refractivity (Wildman–Crippen MR) is 116 cm³/mol. The van der Waals surface area contributed by atoms with Crippen molar-refractivity contribution in [2.75, 3.05) is 24.5 Å². The standard InChI is InChI=1S/C22H21ClN4O3/c23-17-2-1-3-18(12-17)27-13-16(11-20(27)28)22(30)26-9-8-25-21(29)15-5-4-14-6-7-24-19(14)10-15/h1-7,10,12,16,24H,8-9,11,13H2,(H,25,29)(H,26,30). The van der Waals surface area contributed by atoms with Crippen LogP contribution in [0.15, 0.2) is 54.7 Å². The van der Waals surface area contributed by atoms with Crippen LogP contribution in [0.3, 0.4) is 0 Å². The van der Waals surface area contributed by atoms with Crippen LogP contribution in [0.4, 0.5) is 5.69 Å². The quantitative estimate of drug-likeness (QED) is 0.531. The Bertz CT molecular complexity index is 1110. The Kier molecular flexibility index (Phi) is 5.72. The van der Waals surface area contributed by atoms with E-state index in [9.17, 15) is 14.4 Å². The highest BCUT2D eigenvalue weighted by atomic mass is 35.5. The third-order valence-electron chi connectivity index (χ3n) is 5.14. The normalized spacial score (nSPS) is 16.1. The molecule has 3 N–H and O–H groups in total. The van der Waals surface area contributed by atoms with E-state index in [0.29, 0.717) is 29.4 Å². The molecular formula is C22H21ClN4O3. The van der Waals surface area contributed by atoms with Crippen molar-refractivity contribution < 1.29 is 14.4 Å². The molecule has 1 atom stereocenters. The number of rotatable bonds is 6. The summed E-state index contributed by atoms with van der Waals surface area (Å²) in [5, 5.41) is 7.17. The third-order valence-corrected chi connectivity index (χ3v) is 5.38. The monoisotopic (exact) mass is 424 g/mol. The van der Waals surface area contributed by atoms with E-state index in [4.69, 9.17) is 11.6 Å². The van der Waals surface area contributed by atoms with Gasteiger partial charge in [-0.05, 0) is 41.8 Å². The van der Waals surface area contributed by atoms with E-state index in [1.807, 2.05) is 18.3 Å². The SMILES string of the molecule is O=C(NCCNC(=O)C1CC(=O)N(c2cccc(Cl)c2)C1)c1ccc2cc[nH]c2c1. The van der Waals surface area contributed by atoms with Crippen LogP contribution in [0.25, 0.3) is 10.9 Å². The highest BCUT2D eigenvalue weighted by Crippen LogP contribution is 2.27. The summed E-state index contributed by atoms with van der Waals surface area (Å²) in [4.78, 5) is 41.7.